The highest BCUT2D eigenvalue weighted by Crippen LogP contribution is 2.44. The molecule has 0 bridgehead atoms. The van der Waals surface area contributed by atoms with Crippen LogP contribution in [0.4, 0.5) is 17.1 Å². The number of nitrogens with one attached hydrogen (secondary N) is 2. The summed E-state index contributed by atoms with van der Waals surface area (Å²) in [7, 11) is -2.08. The monoisotopic (exact) mass is 564 g/mol. The number of nitro groups is 1. The topological polar surface area (TPSA) is 132 Å². The Kier molecular flexibility index (Phi) is 6.93. The Morgan fingerprint density at radius 2 is 1.90 bits per heavy atom. The first kappa shape index (κ1) is 26.1. The molecule has 2 aromatic heterocycles. The van der Waals surface area contributed by atoms with Crippen LogP contribution in [0.15, 0.2) is 85.2 Å². The van der Waals surface area contributed by atoms with Gasteiger partial charge in [-0.05, 0) is 54.7 Å². The van der Waals surface area contributed by atoms with Crippen molar-refractivity contribution in [1.82, 2.24) is 14.9 Å². The van der Waals surface area contributed by atoms with Gasteiger partial charge in [-0.1, -0.05) is 12.1 Å². The summed E-state index contributed by atoms with van der Waals surface area (Å²) in [6.45, 7) is 0. The third-order valence-corrected chi connectivity index (χ3v) is 7.16. The number of non-ortho nitro benzene ring substituents is 1. The first-order valence-corrected chi connectivity index (χ1v) is 14.0. The van der Waals surface area contributed by atoms with Crippen molar-refractivity contribution in [2.24, 2.45) is 0 Å². The largest absolute Gasteiger partial charge is 0.494 e. The van der Waals surface area contributed by atoms with Gasteiger partial charge < -0.3 is 19.5 Å². The minimum atomic E-state index is -3.53. The summed E-state index contributed by atoms with van der Waals surface area (Å²) >= 11 is 5.80. The third-order valence-electron chi connectivity index (χ3n) is 6.26. The summed E-state index contributed by atoms with van der Waals surface area (Å²) in [6.07, 6.45) is 4.60. The average Bonchev–Trinajstić information content (AvgIpc) is 3.53. The van der Waals surface area contributed by atoms with E-state index < -0.39 is 21.0 Å². The molecule has 0 amide bonds. The highest BCUT2D eigenvalue weighted by atomic mass is 32.2. The van der Waals surface area contributed by atoms with E-state index in [-0.39, 0.29) is 11.7 Å². The number of rotatable bonds is 8. The van der Waals surface area contributed by atoms with E-state index in [1.54, 1.807) is 36.5 Å². The standard InChI is InChI=1S/C26H24N6O5S2/c1-37-23-16-18(11-12-20(23)29-39(2,35)36)31-25(24(28-26(31)38)21-9-3-4-13-27-21)22-10-6-14-30(22)17-7-5-8-19(15-17)32(33)34/h3-16,24-25,29H,1-2H3,(H,28,38)/t24-,25+/m0/s1. The molecule has 1 aliphatic rings. The number of thiocarbonyl (C=S) groups is 1. The second-order valence-corrected chi connectivity index (χ2v) is 11.0. The number of hydrogen-bond acceptors (Lipinski definition) is 7. The molecule has 5 rings (SSSR count). The van der Waals surface area contributed by atoms with E-state index in [0.717, 1.165) is 17.6 Å². The zero-order chi connectivity index (χ0) is 27.7. The van der Waals surface area contributed by atoms with Crippen LogP contribution in [0.25, 0.3) is 5.69 Å². The van der Waals surface area contributed by atoms with Gasteiger partial charge in [0.25, 0.3) is 5.69 Å². The Balaban J connectivity index is 1.65. The van der Waals surface area contributed by atoms with Crippen LogP contribution in [0, 0.1) is 10.1 Å². The molecule has 39 heavy (non-hydrogen) atoms. The van der Waals surface area contributed by atoms with Crippen LogP contribution in [-0.2, 0) is 10.0 Å². The molecule has 11 nitrogen and oxygen atoms in total. The van der Waals surface area contributed by atoms with Crippen LogP contribution in [0.3, 0.4) is 0 Å². The highest BCUT2D eigenvalue weighted by Gasteiger charge is 2.42. The third kappa shape index (κ3) is 5.26. The zero-order valence-corrected chi connectivity index (χ0v) is 22.5. The number of sulfonamides is 1. The molecule has 0 aliphatic carbocycles. The van der Waals surface area contributed by atoms with Crippen molar-refractivity contribution >= 4 is 44.4 Å². The van der Waals surface area contributed by atoms with Gasteiger partial charge in [-0.25, -0.2) is 8.42 Å². The lowest BCUT2D eigenvalue weighted by Gasteiger charge is -2.29. The normalized spacial score (nSPS) is 17.1. The van der Waals surface area contributed by atoms with Crippen molar-refractivity contribution in [2.75, 3.05) is 23.0 Å². The van der Waals surface area contributed by atoms with Gasteiger partial charge in [0, 0.05) is 42.0 Å². The first-order chi connectivity index (χ1) is 18.7. The van der Waals surface area contributed by atoms with Gasteiger partial charge in [-0.3, -0.25) is 19.8 Å². The van der Waals surface area contributed by atoms with E-state index >= 15 is 0 Å². The van der Waals surface area contributed by atoms with Crippen LogP contribution in [0.2, 0.25) is 0 Å². The maximum absolute atomic E-state index is 11.8. The van der Waals surface area contributed by atoms with Crippen molar-refractivity contribution in [3.63, 3.8) is 0 Å². The predicted octanol–water partition coefficient (Wildman–Crippen LogP) is 4.34. The van der Waals surface area contributed by atoms with Gasteiger partial charge in [-0.15, -0.1) is 0 Å². The Bertz CT molecular complexity index is 1660. The lowest BCUT2D eigenvalue weighted by molar-refractivity contribution is -0.384. The van der Waals surface area contributed by atoms with Crippen molar-refractivity contribution in [3.8, 4) is 11.4 Å². The summed E-state index contributed by atoms with van der Waals surface area (Å²) in [6, 6.07) is 20.1. The van der Waals surface area contributed by atoms with E-state index in [9.17, 15) is 18.5 Å². The van der Waals surface area contributed by atoms with Gasteiger partial charge in [-0.2, -0.15) is 0 Å². The minimum absolute atomic E-state index is 0.0240. The number of hydrogen-bond donors (Lipinski definition) is 2. The quantitative estimate of drug-likeness (QED) is 0.182. The zero-order valence-electron chi connectivity index (χ0n) is 20.9. The molecule has 2 N–H and O–H groups in total. The second-order valence-electron chi connectivity index (χ2n) is 8.84. The van der Waals surface area contributed by atoms with Crippen molar-refractivity contribution in [3.05, 3.63) is 107 Å². The smallest absolute Gasteiger partial charge is 0.271 e. The fourth-order valence-corrected chi connectivity index (χ4v) is 5.59. The molecule has 1 aliphatic heterocycles. The van der Waals surface area contributed by atoms with Crippen molar-refractivity contribution in [2.45, 2.75) is 12.1 Å². The molecule has 0 saturated carbocycles. The average molecular weight is 565 g/mol. The van der Waals surface area contributed by atoms with E-state index in [1.165, 1.54) is 19.2 Å². The van der Waals surface area contributed by atoms with Crippen LogP contribution >= 0.6 is 12.2 Å². The fourth-order valence-electron chi connectivity index (χ4n) is 4.67. The van der Waals surface area contributed by atoms with E-state index in [2.05, 4.69) is 15.0 Å². The van der Waals surface area contributed by atoms with Crippen LogP contribution in [0.5, 0.6) is 5.75 Å². The number of nitrogens with zero attached hydrogens (tertiary/aromatic N) is 4. The molecule has 2 atom stereocenters. The summed E-state index contributed by atoms with van der Waals surface area (Å²) in [5.74, 6) is 0.315. The van der Waals surface area contributed by atoms with Crippen LogP contribution in [0.1, 0.15) is 23.5 Å². The summed E-state index contributed by atoms with van der Waals surface area (Å²) < 4.78 is 33.5. The predicted molar refractivity (Wildman–Crippen MR) is 152 cm³/mol. The molecule has 0 unspecified atom stereocenters. The van der Waals surface area contributed by atoms with Gasteiger partial charge in [0.05, 0.1) is 41.4 Å². The fraction of sp³-hybridized carbons (Fsp3) is 0.154. The Hall–Kier alpha value is -4.49. The maximum Gasteiger partial charge on any atom is 0.271 e. The maximum atomic E-state index is 11.8. The number of ether oxygens (including phenoxy) is 1. The lowest BCUT2D eigenvalue weighted by Crippen LogP contribution is -2.30. The number of aromatic nitrogens is 2. The molecule has 13 heteroatoms. The second kappa shape index (κ2) is 10.3. The molecule has 4 aromatic rings. The molecule has 3 heterocycles. The van der Waals surface area contributed by atoms with Crippen LogP contribution < -0.4 is 19.7 Å². The first-order valence-electron chi connectivity index (χ1n) is 11.7. The SMILES string of the molecule is COc1cc(N2C(=S)N[C@@H](c3ccccn3)[C@H]2c2cccn2-c2cccc([N+](=O)[O-])c2)ccc1NS(C)(=O)=O. The number of benzene rings is 2. The number of methoxy groups -OCH3 is 1. The van der Waals surface area contributed by atoms with E-state index in [4.69, 9.17) is 17.0 Å². The summed E-state index contributed by atoms with van der Waals surface area (Å²) in [5.41, 5.74) is 3.09. The summed E-state index contributed by atoms with van der Waals surface area (Å²) in [4.78, 5) is 17.5. The number of pyridine rings is 1. The molecule has 0 spiro atoms. The van der Waals surface area contributed by atoms with Gasteiger partial charge in [0.1, 0.15) is 11.8 Å². The van der Waals surface area contributed by atoms with E-state index in [1.807, 2.05) is 46.0 Å². The summed E-state index contributed by atoms with van der Waals surface area (Å²) in [5, 5.41) is 15.3. The van der Waals surface area contributed by atoms with Crippen LogP contribution in [-0.4, -0.2) is 41.4 Å². The number of nitro benzene ring substituents is 1. The molecule has 2 aromatic carbocycles. The van der Waals surface area contributed by atoms with Crippen molar-refractivity contribution < 1.29 is 18.1 Å². The van der Waals surface area contributed by atoms with Gasteiger partial charge in [0.2, 0.25) is 10.0 Å². The minimum Gasteiger partial charge on any atom is -0.494 e. The molecule has 1 fully saturated rings. The molecular formula is C26H24N6O5S2. The van der Waals surface area contributed by atoms with Crippen molar-refractivity contribution in [1.29, 1.82) is 0 Å². The molecule has 0 radical (unpaired) electrons. The Labute approximate surface area is 230 Å². The molecule has 200 valence electrons. The molecule has 1 saturated heterocycles. The lowest BCUT2D eigenvalue weighted by atomic mass is 10.0. The van der Waals surface area contributed by atoms with Gasteiger partial charge >= 0.3 is 0 Å². The van der Waals surface area contributed by atoms with Gasteiger partial charge in [0.15, 0.2) is 5.11 Å². The van der Waals surface area contributed by atoms with E-state index in [0.29, 0.717) is 27.9 Å². The highest BCUT2D eigenvalue weighted by molar-refractivity contribution is 7.92. The number of anilines is 2. The molecular weight excluding hydrogens is 540 g/mol. The Morgan fingerprint density at radius 1 is 1.08 bits per heavy atom. The Morgan fingerprint density at radius 3 is 2.59 bits per heavy atom.